The first-order chi connectivity index (χ1) is 10.6. The monoisotopic (exact) mass is 358 g/mol. The van der Waals surface area contributed by atoms with E-state index in [1.807, 2.05) is 43.3 Å². The molecular formula is C17H15BrN2O2. The van der Waals surface area contributed by atoms with Gasteiger partial charge in [-0.05, 0) is 42.8 Å². The number of amides is 1. The van der Waals surface area contributed by atoms with Crippen molar-refractivity contribution in [3.05, 3.63) is 58.2 Å². The molecule has 0 unspecified atom stereocenters. The molecule has 0 saturated carbocycles. The Hall–Kier alpha value is -2.27. The van der Waals surface area contributed by atoms with Crippen molar-refractivity contribution in [3.63, 3.8) is 0 Å². The van der Waals surface area contributed by atoms with Crippen molar-refractivity contribution in [2.45, 2.75) is 6.92 Å². The Labute approximate surface area is 136 Å². The number of aromatic nitrogens is 1. The van der Waals surface area contributed by atoms with Gasteiger partial charge >= 0.3 is 0 Å². The Kier molecular flexibility index (Phi) is 3.90. The molecule has 2 aromatic carbocycles. The van der Waals surface area contributed by atoms with Crippen LogP contribution in [0.3, 0.4) is 0 Å². The van der Waals surface area contributed by atoms with Crippen molar-refractivity contribution in [2.75, 3.05) is 12.4 Å². The number of methoxy groups -OCH3 is 1. The van der Waals surface area contributed by atoms with Crippen molar-refractivity contribution in [2.24, 2.45) is 0 Å². The molecule has 1 amide bonds. The Morgan fingerprint density at radius 3 is 2.77 bits per heavy atom. The number of hydrogen-bond donors (Lipinski definition) is 2. The summed E-state index contributed by atoms with van der Waals surface area (Å²) in [5.41, 5.74) is 3.29. The topological polar surface area (TPSA) is 54.1 Å². The average Bonchev–Trinajstić information content (AvgIpc) is 2.93. The molecule has 2 N–H and O–H groups in total. The van der Waals surface area contributed by atoms with Crippen LogP contribution < -0.4 is 10.1 Å². The van der Waals surface area contributed by atoms with Gasteiger partial charge in [-0.2, -0.15) is 0 Å². The number of halogens is 1. The first kappa shape index (κ1) is 14.7. The summed E-state index contributed by atoms with van der Waals surface area (Å²) in [5, 5.41) is 3.82. The predicted octanol–water partition coefficient (Wildman–Crippen LogP) is 4.50. The van der Waals surface area contributed by atoms with Gasteiger partial charge in [-0.25, -0.2) is 0 Å². The van der Waals surface area contributed by atoms with Crippen LogP contribution in [-0.4, -0.2) is 18.0 Å². The van der Waals surface area contributed by atoms with E-state index in [0.29, 0.717) is 5.56 Å². The van der Waals surface area contributed by atoms with Crippen molar-refractivity contribution >= 4 is 38.4 Å². The first-order valence-electron chi connectivity index (χ1n) is 6.81. The third-order valence-electron chi connectivity index (χ3n) is 3.57. The van der Waals surface area contributed by atoms with Gasteiger partial charge in [-0.3, -0.25) is 4.79 Å². The normalized spacial score (nSPS) is 10.7. The Morgan fingerprint density at radius 2 is 2.05 bits per heavy atom. The highest BCUT2D eigenvalue weighted by molar-refractivity contribution is 9.10. The molecule has 0 atom stereocenters. The van der Waals surface area contributed by atoms with Gasteiger partial charge < -0.3 is 15.0 Å². The van der Waals surface area contributed by atoms with Gasteiger partial charge in [0.1, 0.15) is 5.75 Å². The average molecular weight is 359 g/mol. The summed E-state index contributed by atoms with van der Waals surface area (Å²) in [7, 11) is 1.62. The third kappa shape index (κ3) is 2.72. The lowest BCUT2D eigenvalue weighted by atomic mass is 10.1. The van der Waals surface area contributed by atoms with E-state index in [9.17, 15) is 4.79 Å². The van der Waals surface area contributed by atoms with Crippen LogP contribution in [-0.2, 0) is 0 Å². The van der Waals surface area contributed by atoms with Crippen molar-refractivity contribution < 1.29 is 9.53 Å². The van der Waals surface area contributed by atoms with Gasteiger partial charge in [0.2, 0.25) is 0 Å². The molecule has 1 aromatic heterocycles. The zero-order valence-corrected chi connectivity index (χ0v) is 13.8. The largest absolute Gasteiger partial charge is 0.497 e. The molecule has 0 aliphatic carbocycles. The molecule has 22 heavy (non-hydrogen) atoms. The van der Waals surface area contributed by atoms with Gasteiger partial charge in [-0.1, -0.05) is 15.9 Å². The fourth-order valence-corrected chi connectivity index (χ4v) is 2.85. The van der Waals surface area contributed by atoms with Crippen molar-refractivity contribution in [1.82, 2.24) is 4.98 Å². The highest BCUT2D eigenvalue weighted by atomic mass is 79.9. The number of fused-ring (bicyclic) bond motifs is 1. The molecular weight excluding hydrogens is 344 g/mol. The summed E-state index contributed by atoms with van der Waals surface area (Å²) in [5.74, 6) is 0.618. The molecule has 0 radical (unpaired) electrons. The van der Waals surface area contributed by atoms with E-state index in [1.54, 1.807) is 13.3 Å². The van der Waals surface area contributed by atoms with Gasteiger partial charge in [0.25, 0.3) is 5.91 Å². The SMILES string of the molecule is COc1ccc2c(C(=O)Nc3ccc(Br)cc3C)c[nH]c2c1. The lowest BCUT2D eigenvalue weighted by molar-refractivity contribution is 0.102. The molecule has 0 spiro atoms. The van der Waals surface area contributed by atoms with Crippen LogP contribution in [0.5, 0.6) is 5.75 Å². The van der Waals surface area contributed by atoms with Gasteiger partial charge in [0.15, 0.2) is 0 Å². The molecule has 0 saturated heterocycles. The second kappa shape index (κ2) is 5.85. The van der Waals surface area contributed by atoms with E-state index >= 15 is 0 Å². The molecule has 1 heterocycles. The predicted molar refractivity (Wildman–Crippen MR) is 91.7 cm³/mol. The van der Waals surface area contributed by atoms with Crippen LogP contribution in [0, 0.1) is 6.92 Å². The van der Waals surface area contributed by atoms with Gasteiger partial charge in [-0.15, -0.1) is 0 Å². The smallest absolute Gasteiger partial charge is 0.257 e. The summed E-state index contributed by atoms with van der Waals surface area (Å²) < 4.78 is 6.18. The van der Waals surface area contributed by atoms with Crippen LogP contribution in [0.4, 0.5) is 5.69 Å². The number of H-pyrrole nitrogens is 1. The summed E-state index contributed by atoms with van der Waals surface area (Å²) in [6.07, 6.45) is 1.72. The van der Waals surface area contributed by atoms with Crippen LogP contribution in [0.25, 0.3) is 10.9 Å². The Morgan fingerprint density at radius 1 is 1.23 bits per heavy atom. The highest BCUT2D eigenvalue weighted by Gasteiger charge is 2.13. The van der Waals surface area contributed by atoms with Crippen LogP contribution in [0.2, 0.25) is 0 Å². The maximum absolute atomic E-state index is 12.5. The molecule has 3 rings (SSSR count). The standard InChI is InChI=1S/C17H15BrN2O2/c1-10-7-11(18)3-6-15(10)20-17(21)14-9-19-16-8-12(22-2)4-5-13(14)16/h3-9,19H,1-2H3,(H,20,21). The van der Waals surface area contributed by atoms with E-state index in [1.165, 1.54) is 0 Å². The number of anilines is 1. The zero-order valence-electron chi connectivity index (χ0n) is 12.2. The van der Waals surface area contributed by atoms with E-state index < -0.39 is 0 Å². The van der Waals surface area contributed by atoms with Crippen LogP contribution >= 0.6 is 15.9 Å². The highest BCUT2D eigenvalue weighted by Crippen LogP contribution is 2.25. The number of carbonyl (C=O) groups excluding carboxylic acids is 1. The minimum absolute atomic E-state index is 0.137. The number of hydrogen-bond acceptors (Lipinski definition) is 2. The fourth-order valence-electron chi connectivity index (χ4n) is 2.38. The lowest BCUT2D eigenvalue weighted by Crippen LogP contribution is -2.12. The van der Waals surface area contributed by atoms with E-state index in [-0.39, 0.29) is 5.91 Å². The lowest BCUT2D eigenvalue weighted by Gasteiger charge is -2.08. The molecule has 112 valence electrons. The number of ether oxygens (including phenoxy) is 1. The summed E-state index contributed by atoms with van der Waals surface area (Å²) in [4.78, 5) is 15.6. The minimum atomic E-state index is -0.137. The third-order valence-corrected chi connectivity index (χ3v) is 4.06. The Balaban J connectivity index is 1.92. The summed E-state index contributed by atoms with van der Waals surface area (Å²) in [6, 6.07) is 11.4. The number of nitrogens with one attached hydrogen (secondary N) is 2. The van der Waals surface area contributed by atoms with Crippen LogP contribution in [0.15, 0.2) is 47.1 Å². The summed E-state index contributed by atoms with van der Waals surface area (Å²) >= 11 is 3.42. The number of carbonyl (C=O) groups is 1. The number of rotatable bonds is 3. The Bertz CT molecular complexity index is 855. The zero-order chi connectivity index (χ0) is 15.7. The van der Waals surface area contributed by atoms with Crippen molar-refractivity contribution in [1.29, 1.82) is 0 Å². The molecule has 0 aliphatic heterocycles. The second-order valence-electron chi connectivity index (χ2n) is 5.03. The molecule has 5 heteroatoms. The quantitative estimate of drug-likeness (QED) is 0.724. The summed E-state index contributed by atoms with van der Waals surface area (Å²) in [6.45, 7) is 1.96. The first-order valence-corrected chi connectivity index (χ1v) is 7.60. The maximum atomic E-state index is 12.5. The van der Waals surface area contributed by atoms with E-state index in [4.69, 9.17) is 4.74 Å². The number of benzene rings is 2. The van der Waals surface area contributed by atoms with E-state index in [0.717, 1.165) is 32.4 Å². The molecule has 0 fully saturated rings. The molecule has 4 nitrogen and oxygen atoms in total. The second-order valence-corrected chi connectivity index (χ2v) is 5.94. The van der Waals surface area contributed by atoms with E-state index in [2.05, 4.69) is 26.2 Å². The maximum Gasteiger partial charge on any atom is 0.257 e. The molecule has 0 bridgehead atoms. The molecule has 3 aromatic rings. The fraction of sp³-hybridized carbons (Fsp3) is 0.118. The van der Waals surface area contributed by atoms with Crippen molar-refractivity contribution in [3.8, 4) is 5.75 Å². The van der Waals surface area contributed by atoms with Crippen LogP contribution in [0.1, 0.15) is 15.9 Å². The van der Waals surface area contributed by atoms with Gasteiger partial charge in [0.05, 0.1) is 12.7 Å². The minimum Gasteiger partial charge on any atom is -0.497 e. The van der Waals surface area contributed by atoms with Gasteiger partial charge in [0, 0.05) is 33.3 Å². The number of aromatic amines is 1. The number of aryl methyl sites for hydroxylation is 1. The molecule has 0 aliphatic rings.